The fourth-order valence-electron chi connectivity index (χ4n) is 7.79. The van der Waals surface area contributed by atoms with E-state index in [4.69, 9.17) is 21.4 Å². The molecule has 1 atom stereocenters. The summed E-state index contributed by atoms with van der Waals surface area (Å²) in [5.74, 6) is 1.80. The zero-order chi connectivity index (χ0) is 39.3. The molecule has 1 unspecified atom stereocenters. The van der Waals surface area contributed by atoms with Crippen molar-refractivity contribution in [1.82, 2.24) is 0 Å². The van der Waals surface area contributed by atoms with Crippen molar-refractivity contribution in [3.8, 4) is 0 Å². The van der Waals surface area contributed by atoms with Gasteiger partial charge in [-0.25, -0.2) is 0 Å². The van der Waals surface area contributed by atoms with Crippen molar-refractivity contribution >= 4 is 11.6 Å². The average Bonchev–Trinajstić information content (AvgIpc) is 4.01. The summed E-state index contributed by atoms with van der Waals surface area (Å²) in [4.78, 5) is 0.167. The summed E-state index contributed by atoms with van der Waals surface area (Å²) < 4.78 is 5.30. The van der Waals surface area contributed by atoms with Crippen LogP contribution in [0.3, 0.4) is 0 Å². The Bertz CT molecular complexity index is 928. The third-order valence-corrected chi connectivity index (χ3v) is 12.4. The molecule has 310 valence electrons. The lowest BCUT2D eigenvalue weighted by Crippen LogP contribution is -2.21. The van der Waals surface area contributed by atoms with Crippen LogP contribution in [-0.2, 0) is 4.74 Å². The quantitative estimate of drug-likeness (QED) is 0.207. The summed E-state index contributed by atoms with van der Waals surface area (Å²) in [5, 5.41) is 18.1. The third-order valence-electron chi connectivity index (χ3n) is 12.0. The van der Waals surface area contributed by atoms with Crippen LogP contribution in [0.25, 0.3) is 0 Å². The van der Waals surface area contributed by atoms with Crippen molar-refractivity contribution < 1.29 is 14.9 Å². The minimum Gasteiger partial charge on any atom is -0.393 e. The first-order valence-corrected chi connectivity index (χ1v) is 22.9. The van der Waals surface area contributed by atoms with Crippen LogP contribution in [-0.4, -0.2) is 39.5 Å². The van der Waals surface area contributed by atoms with E-state index in [1.54, 1.807) is 5.57 Å². The maximum atomic E-state index is 9.19. The van der Waals surface area contributed by atoms with Crippen molar-refractivity contribution in [3.05, 3.63) is 48.1 Å². The fourth-order valence-corrected chi connectivity index (χ4v) is 8.05. The van der Waals surface area contributed by atoms with Gasteiger partial charge in [0, 0.05) is 12.0 Å². The first kappa shape index (κ1) is 50.1. The molecule has 0 aromatic rings. The SMILES string of the molecule is C1=CCCCC1.CC1(Cl)CCCC1.CC1(O)CCCC1.CC1=CCCC1.CC1C=CCC1.CC1CC=CC1.COC1(C)CCCC1.OC1CCCCC1. The van der Waals surface area contributed by atoms with Gasteiger partial charge in [0.1, 0.15) is 0 Å². The molecule has 8 aliphatic carbocycles. The Morgan fingerprint density at radius 1 is 0.623 bits per heavy atom. The first-order valence-electron chi connectivity index (χ1n) is 22.5. The molecule has 2 N–H and O–H groups in total. The number of hydrogen-bond acceptors (Lipinski definition) is 3. The largest absolute Gasteiger partial charge is 0.393 e. The van der Waals surface area contributed by atoms with E-state index in [-0.39, 0.29) is 22.2 Å². The maximum absolute atomic E-state index is 9.19. The standard InChI is InChI=1S/C7H14O.C6H11Cl.2C6H12O.4C6H10/c1-7(8-2)5-3-4-6-7;2*1-6(7)4-2-3-5-6;7-6-4-2-1-3-5-6;3*1-6-4-2-3-5-6;1-2-4-6-5-3-1/h3-6H2,1-2H3;2-5H2,1H3;7H,2-5H2,1H3;6-7H,1-5H2;4H,2-3,5H2,1H3;2,4,6H,3,5H2,1H3;2-3,6H,4-5H2,1H3;1-2H,3-6H2. The lowest BCUT2D eigenvalue weighted by molar-refractivity contribution is 0.0126. The summed E-state index contributed by atoms with van der Waals surface area (Å²) in [5.41, 5.74) is 1.51. The van der Waals surface area contributed by atoms with Gasteiger partial charge >= 0.3 is 0 Å². The average molecular weight is 762 g/mol. The molecular formula is C49H89ClO3. The van der Waals surface area contributed by atoms with Crippen LogP contribution >= 0.6 is 11.6 Å². The van der Waals surface area contributed by atoms with Gasteiger partial charge in [-0.2, -0.15) is 0 Å². The van der Waals surface area contributed by atoms with Crippen molar-refractivity contribution in [2.75, 3.05) is 7.11 Å². The number of rotatable bonds is 1. The molecule has 0 amide bonds. The second kappa shape index (κ2) is 30.3. The molecule has 0 heterocycles. The van der Waals surface area contributed by atoms with Crippen molar-refractivity contribution in [3.63, 3.8) is 0 Å². The first-order chi connectivity index (χ1) is 25.3. The molecular weight excluding hydrogens is 672 g/mol. The van der Waals surface area contributed by atoms with Crippen LogP contribution < -0.4 is 0 Å². The van der Waals surface area contributed by atoms with E-state index in [9.17, 15) is 5.11 Å². The number of halogens is 1. The molecule has 4 fully saturated rings. The van der Waals surface area contributed by atoms with E-state index >= 15 is 0 Å². The van der Waals surface area contributed by atoms with Crippen LogP contribution in [0.1, 0.15) is 221 Å². The molecule has 0 aromatic heterocycles. The van der Waals surface area contributed by atoms with E-state index < -0.39 is 0 Å². The lowest BCUT2D eigenvalue weighted by atomic mass is 9.98. The molecule has 0 radical (unpaired) electrons. The van der Waals surface area contributed by atoms with Crippen LogP contribution in [0.2, 0.25) is 0 Å². The Labute approximate surface area is 335 Å². The summed E-state index contributed by atoms with van der Waals surface area (Å²) in [6, 6.07) is 0. The number of allylic oxidation sites excluding steroid dienone is 8. The van der Waals surface area contributed by atoms with E-state index in [2.05, 4.69) is 77.2 Å². The second-order valence-corrected chi connectivity index (χ2v) is 19.1. The topological polar surface area (TPSA) is 49.7 Å². The molecule has 0 spiro atoms. The Morgan fingerprint density at radius 3 is 1.34 bits per heavy atom. The Hall–Kier alpha value is -0.870. The van der Waals surface area contributed by atoms with Gasteiger partial charge in [-0.3, -0.25) is 0 Å². The van der Waals surface area contributed by atoms with E-state index in [0.717, 1.165) is 37.5 Å². The van der Waals surface area contributed by atoms with E-state index in [1.807, 2.05) is 14.0 Å². The van der Waals surface area contributed by atoms with Crippen molar-refractivity contribution in [2.45, 2.75) is 244 Å². The van der Waals surface area contributed by atoms with Gasteiger partial charge in [0.15, 0.2) is 0 Å². The highest BCUT2D eigenvalue weighted by Gasteiger charge is 2.27. The van der Waals surface area contributed by atoms with Gasteiger partial charge < -0.3 is 14.9 Å². The van der Waals surface area contributed by atoms with Gasteiger partial charge in [-0.05, 0) is 162 Å². The van der Waals surface area contributed by atoms with Crippen LogP contribution in [0.5, 0.6) is 0 Å². The molecule has 8 aliphatic rings. The van der Waals surface area contributed by atoms with Crippen molar-refractivity contribution in [1.29, 1.82) is 0 Å². The van der Waals surface area contributed by atoms with E-state index in [0.29, 0.717) is 0 Å². The minimum atomic E-state index is -0.306. The second-order valence-electron chi connectivity index (χ2n) is 18.2. The normalized spacial score (nSPS) is 25.8. The fraction of sp³-hybridized carbons (Fsp3) is 0.837. The molecule has 4 saturated carbocycles. The molecule has 0 aromatic carbocycles. The molecule has 53 heavy (non-hydrogen) atoms. The molecule has 8 rings (SSSR count). The highest BCUT2D eigenvalue weighted by Crippen LogP contribution is 2.34. The molecule has 3 nitrogen and oxygen atoms in total. The molecule has 4 heteroatoms. The Balaban J connectivity index is 0.000000303. The van der Waals surface area contributed by atoms with Gasteiger partial charge in [0.05, 0.1) is 17.3 Å². The highest BCUT2D eigenvalue weighted by molar-refractivity contribution is 6.23. The third kappa shape index (κ3) is 30.0. The molecule has 0 aliphatic heterocycles. The summed E-state index contributed by atoms with van der Waals surface area (Å²) in [6.45, 7) is 13.0. The lowest BCUT2D eigenvalue weighted by Gasteiger charge is -2.20. The summed E-state index contributed by atoms with van der Waals surface area (Å²) in [6.07, 6.45) is 51.4. The maximum Gasteiger partial charge on any atom is 0.0650 e. The van der Waals surface area contributed by atoms with Crippen LogP contribution in [0.15, 0.2) is 48.1 Å². The number of aliphatic hydroxyl groups excluding tert-OH is 1. The van der Waals surface area contributed by atoms with Crippen LogP contribution in [0, 0.1) is 11.8 Å². The van der Waals surface area contributed by atoms with Crippen molar-refractivity contribution in [2.24, 2.45) is 11.8 Å². The van der Waals surface area contributed by atoms with Gasteiger partial charge in [-0.15, -0.1) is 11.6 Å². The molecule has 0 bridgehead atoms. The van der Waals surface area contributed by atoms with Gasteiger partial charge in [0.2, 0.25) is 0 Å². The predicted molar refractivity (Wildman–Crippen MR) is 235 cm³/mol. The smallest absolute Gasteiger partial charge is 0.0650 e. The van der Waals surface area contributed by atoms with E-state index in [1.165, 1.54) is 154 Å². The monoisotopic (exact) mass is 761 g/mol. The number of alkyl halides is 1. The Morgan fingerprint density at radius 2 is 1.15 bits per heavy atom. The summed E-state index contributed by atoms with van der Waals surface area (Å²) >= 11 is 5.97. The number of aliphatic hydroxyl groups is 2. The number of hydrogen-bond donors (Lipinski definition) is 2. The minimum absolute atomic E-state index is 0.0359. The number of ether oxygens (including phenoxy) is 1. The highest BCUT2D eigenvalue weighted by atomic mass is 35.5. The molecule has 0 saturated heterocycles. The van der Waals surface area contributed by atoms with Crippen LogP contribution in [0.4, 0.5) is 0 Å². The zero-order valence-corrected chi connectivity index (χ0v) is 37.0. The number of methoxy groups -OCH3 is 1. The zero-order valence-electron chi connectivity index (χ0n) is 36.3. The Kier molecular flexibility index (Phi) is 28.7. The summed E-state index contributed by atoms with van der Waals surface area (Å²) in [7, 11) is 1.81. The van der Waals surface area contributed by atoms with Gasteiger partial charge in [0.25, 0.3) is 0 Å². The van der Waals surface area contributed by atoms with Gasteiger partial charge in [-0.1, -0.05) is 120 Å². The predicted octanol–water partition coefficient (Wildman–Crippen LogP) is 15.3.